The first-order valence-corrected chi connectivity index (χ1v) is 7.59. The van der Waals surface area contributed by atoms with Gasteiger partial charge in [0, 0.05) is 38.3 Å². The van der Waals surface area contributed by atoms with Crippen LogP contribution in [0.25, 0.3) is 0 Å². The monoisotopic (exact) mass is 259 g/mol. The number of benzene rings is 1. The van der Waals surface area contributed by atoms with Crippen LogP contribution in [0.3, 0.4) is 0 Å². The Kier molecular flexibility index (Phi) is 4.16. The lowest BCUT2D eigenvalue weighted by molar-refractivity contribution is 0.175. The molecule has 104 valence electrons. The summed E-state index contributed by atoms with van der Waals surface area (Å²) in [5.74, 6) is 0. The summed E-state index contributed by atoms with van der Waals surface area (Å²) in [5, 5.41) is 0. The summed E-state index contributed by atoms with van der Waals surface area (Å²) in [4.78, 5) is 5.26. The normalized spacial score (nSPS) is 24.2. The van der Waals surface area contributed by atoms with E-state index in [0.717, 1.165) is 31.7 Å². The Labute approximate surface area is 116 Å². The van der Waals surface area contributed by atoms with Gasteiger partial charge in [-0.05, 0) is 31.4 Å². The molecule has 2 fully saturated rings. The Morgan fingerprint density at radius 1 is 1.11 bits per heavy atom. The van der Waals surface area contributed by atoms with E-state index < -0.39 is 0 Å². The molecule has 3 nitrogen and oxygen atoms in total. The van der Waals surface area contributed by atoms with Crippen molar-refractivity contribution in [1.82, 2.24) is 9.80 Å². The fourth-order valence-electron chi connectivity index (χ4n) is 3.23. The number of hydrogen-bond donors (Lipinski definition) is 1. The van der Waals surface area contributed by atoms with Crippen LogP contribution in [0.1, 0.15) is 24.8 Å². The fraction of sp³-hybridized carbons (Fsp3) is 0.625. The maximum atomic E-state index is 5.67. The average molecular weight is 259 g/mol. The van der Waals surface area contributed by atoms with E-state index in [0.29, 0.717) is 0 Å². The molecule has 0 aromatic heterocycles. The van der Waals surface area contributed by atoms with Crippen molar-refractivity contribution in [1.29, 1.82) is 0 Å². The third kappa shape index (κ3) is 3.35. The number of nitrogens with two attached hydrogens (primary N) is 1. The van der Waals surface area contributed by atoms with Gasteiger partial charge in [-0.25, -0.2) is 0 Å². The summed E-state index contributed by atoms with van der Waals surface area (Å²) in [5.41, 5.74) is 7.12. The van der Waals surface area contributed by atoms with Crippen molar-refractivity contribution in [2.24, 2.45) is 5.73 Å². The van der Waals surface area contributed by atoms with Gasteiger partial charge in [0.1, 0.15) is 0 Å². The van der Waals surface area contributed by atoms with Crippen LogP contribution in [-0.4, -0.2) is 48.1 Å². The van der Waals surface area contributed by atoms with E-state index in [1.54, 1.807) is 0 Å². The molecule has 0 amide bonds. The predicted molar refractivity (Wildman–Crippen MR) is 78.9 cm³/mol. The summed E-state index contributed by atoms with van der Waals surface area (Å²) in [6, 6.07) is 12.5. The first-order chi connectivity index (χ1) is 9.36. The summed E-state index contributed by atoms with van der Waals surface area (Å²) in [6.45, 7) is 5.39. The maximum absolute atomic E-state index is 5.67. The molecule has 3 rings (SSSR count). The lowest BCUT2D eigenvalue weighted by Crippen LogP contribution is -2.39. The molecule has 0 spiro atoms. The highest BCUT2D eigenvalue weighted by Gasteiger charge is 2.36. The van der Waals surface area contributed by atoms with Gasteiger partial charge in [-0.1, -0.05) is 30.3 Å². The minimum absolute atomic E-state index is 0.735. The molecule has 1 saturated carbocycles. The molecule has 2 N–H and O–H groups in total. The lowest BCUT2D eigenvalue weighted by atomic mass is 10.1. The summed E-state index contributed by atoms with van der Waals surface area (Å²) < 4.78 is 0. The highest BCUT2D eigenvalue weighted by atomic mass is 15.3. The highest BCUT2D eigenvalue weighted by Crippen LogP contribution is 2.32. The second-order valence-electron chi connectivity index (χ2n) is 5.92. The fourth-order valence-corrected chi connectivity index (χ4v) is 3.23. The quantitative estimate of drug-likeness (QED) is 0.844. The Morgan fingerprint density at radius 2 is 1.89 bits per heavy atom. The van der Waals surface area contributed by atoms with E-state index in [1.165, 1.54) is 37.9 Å². The summed E-state index contributed by atoms with van der Waals surface area (Å²) in [6.07, 6.45) is 4.09. The van der Waals surface area contributed by atoms with E-state index in [1.807, 2.05) is 0 Å². The molecule has 19 heavy (non-hydrogen) atoms. The second-order valence-corrected chi connectivity index (χ2v) is 5.92. The van der Waals surface area contributed by atoms with E-state index in [9.17, 15) is 0 Å². The minimum Gasteiger partial charge on any atom is -0.329 e. The Hall–Kier alpha value is -0.900. The van der Waals surface area contributed by atoms with Gasteiger partial charge < -0.3 is 10.6 Å². The molecule has 2 aliphatic rings. The van der Waals surface area contributed by atoms with Gasteiger partial charge in [0.25, 0.3) is 0 Å². The molecule has 0 bridgehead atoms. The molecule has 0 radical (unpaired) electrons. The zero-order chi connectivity index (χ0) is 13.1. The van der Waals surface area contributed by atoms with Crippen molar-refractivity contribution < 1.29 is 0 Å². The minimum atomic E-state index is 0.735. The molecule has 1 saturated heterocycles. The van der Waals surface area contributed by atoms with Gasteiger partial charge in [0.15, 0.2) is 0 Å². The number of likely N-dealkylation sites (tertiary alicyclic amines) is 1. The standard InChI is InChI=1S/C16H25N3/c17-9-11-18-10-8-16(13-18)19(15-6-7-15)12-14-4-2-1-3-5-14/h1-5,15-16H,6-13,17H2/t16-/m1/s1. The molecular weight excluding hydrogens is 234 g/mol. The predicted octanol–water partition coefficient (Wildman–Crippen LogP) is 1.68. The molecule has 3 heteroatoms. The van der Waals surface area contributed by atoms with Crippen LogP contribution in [0.15, 0.2) is 30.3 Å². The summed E-state index contributed by atoms with van der Waals surface area (Å²) in [7, 11) is 0. The van der Waals surface area contributed by atoms with E-state index >= 15 is 0 Å². The van der Waals surface area contributed by atoms with E-state index in [4.69, 9.17) is 5.73 Å². The zero-order valence-corrected chi connectivity index (χ0v) is 11.7. The van der Waals surface area contributed by atoms with Crippen molar-refractivity contribution >= 4 is 0 Å². The van der Waals surface area contributed by atoms with Crippen LogP contribution >= 0.6 is 0 Å². The molecule has 1 aliphatic carbocycles. The molecule has 0 unspecified atom stereocenters. The number of rotatable bonds is 6. The number of hydrogen-bond acceptors (Lipinski definition) is 3. The first-order valence-electron chi connectivity index (χ1n) is 7.59. The largest absolute Gasteiger partial charge is 0.329 e. The Balaban J connectivity index is 1.62. The second kappa shape index (κ2) is 6.04. The highest BCUT2D eigenvalue weighted by molar-refractivity contribution is 5.15. The first kappa shape index (κ1) is 13.1. The van der Waals surface area contributed by atoms with Gasteiger partial charge in [-0.15, -0.1) is 0 Å². The van der Waals surface area contributed by atoms with Crippen molar-refractivity contribution in [3.63, 3.8) is 0 Å². The van der Waals surface area contributed by atoms with E-state index in [-0.39, 0.29) is 0 Å². The smallest absolute Gasteiger partial charge is 0.0241 e. The summed E-state index contributed by atoms with van der Waals surface area (Å²) >= 11 is 0. The lowest BCUT2D eigenvalue weighted by Gasteiger charge is -2.29. The molecule has 1 atom stereocenters. The van der Waals surface area contributed by atoms with Gasteiger partial charge in [-0.3, -0.25) is 4.90 Å². The SMILES string of the molecule is NCCN1CC[C@@H](N(Cc2ccccc2)C2CC2)C1. The van der Waals surface area contributed by atoms with Crippen molar-refractivity contribution in [2.75, 3.05) is 26.2 Å². The van der Waals surface area contributed by atoms with Crippen LogP contribution in [-0.2, 0) is 6.54 Å². The third-order valence-electron chi connectivity index (χ3n) is 4.39. The van der Waals surface area contributed by atoms with E-state index in [2.05, 4.69) is 40.1 Å². The van der Waals surface area contributed by atoms with Crippen molar-refractivity contribution in [2.45, 2.75) is 37.9 Å². The van der Waals surface area contributed by atoms with Gasteiger partial charge in [0.05, 0.1) is 0 Å². The molecule has 1 aromatic carbocycles. The maximum Gasteiger partial charge on any atom is 0.0241 e. The van der Waals surface area contributed by atoms with Crippen LogP contribution < -0.4 is 5.73 Å². The van der Waals surface area contributed by atoms with Gasteiger partial charge in [-0.2, -0.15) is 0 Å². The van der Waals surface area contributed by atoms with Crippen LogP contribution in [0.2, 0.25) is 0 Å². The van der Waals surface area contributed by atoms with Crippen molar-refractivity contribution in [3.8, 4) is 0 Å². The molecule has 1 aromatic rings. The molecule has 1 aliphatic heterocycles. The topological polar surface area (TPSA) is 32.5 Å². The van der Waals surface area contributed by atoms with Gasteiger partial charge in [0.2, 0.25) is 0 Å². The van der Waals surface area contributed by atoms with Crippen LogP contribution in [0.5, 0.6) is 0 Å². The van der Waals surface area contributed by atoms with Gasteiger partial charge >= 0.3 is 0 Å². The van der Waals surface area contributed by atoms with Crippen LogP contribution in [0, 0.1) is 0 Å². The average Bonchev–Trinajstić information content (AvgIpc) is 3.18. The zero-order valence-electron chi connectivity index (χ0n) is 11.7. The Morgan fingerprint density at radius 3 is 2.58 bits per heavy atom. The van der Waals surface area contributed by atoms with Crippen LogP contribution in [0.4, 0.5) is 0 Å². The number of nitrogens with zero attached hydrogens (tertiary/aromatic N) is 2. The van der Waals surface area contributed by atoms with Crippen molar-refractivity contribution in [3.05, 3.63) is 35.9 Å². The molecular formula is C16H25N3. The Bertz CT molecular complexity index is 388. The third-order valence-corrected chi connectivity index (χ3v) is 4.39. The molecule has 1 heterocycles.